The molecule has 0 bridgehead atoms. The van der Waals surface area contributed by atoms with Crippen LogP contribution >= 0.6 is 0 Å². The first-order valence-electron chi connectivity index (χ1n) is 7.63. The summed E-state index contributed by atoms with van der Waals surface area (Å²) in [4.78, 5) is 36.1. The fourth-order valence-electron chi connectivity index (χ4n) is 2.76. The SMILES string of the molecule is CCCc1cccc(C(=O)Nc2cccc3c2C(=O)NC3=O)c1O. The van der Waals surface area contributed by atoms with Gasteiger partial charge in [0.25, 0.3) is 17.7 Å². The van der Waals surface area contributed by atoms with Crippen LogP contribution in [0.3, 0.4) is 0 Å². The third-order valence-electron chi connectivity index (χ3n) is 3.89. The fourth-order valence-corrected chi connectivity index (χ4v) is 2.76. The van der Waals surface area contributed by atoms with Crippen molar-refractivity contribution >= 4 is 23.4 Å². The molecule has 0 spiro atoms. The van der Waals surface area contributed by atoms with Gasteiger partial charge in [-0.1, -0.05) is 31.5 Å². The molecule has 24 heavy (non-hydrogen) atoms. The summed E-state index contributed by atoms with van der Waals surface area (Å²) < 4.78 is 0. The number of phenols is 1. The summed E-state index contributed by atoms with van der Waals surface area (Å²) in [5.41, 5.74) is 1.42. The van der Waals surface area contributed by atoms with Gasteiger partial charge in [0.15, 0.2) is 0 Å². The molecule has 122 valence electrons. The number of fused-ring (bicyclic) bond motifs is 1. The standard InChI is InChI=1S/C18H16N2O4/c1-2-5-10-6-3-8-12(15(10)21)17(23)19-13-9-4-7-11-14(13)18(24)20-16(11)22/h3-4,6-9,21H,2,5H2,1H3,(H,19,23)(H,20,22,24). The van der Waals surface area contributed by atoms with Crippen molar-refractivity contribution in [1.29, 1.82) is 0 Å². The van der Waals surface area contributed by atoms with Gasteiger partial charge in [-0.05, 0) is 30.2 Å². The van der Waals surface area contributed by atoms with E-state index < -0.39 is 17.7 Å². The first-order chi connectivity index (χ1) is 11.5. The molecule has 3 rings (SSSR count). The number of amides is 3. The maximum Gasteiger partial charge on any atom is 0.261 e. The topological polar surface area (TPSA) is 95.5 Å². The predicted molar refractivity (Wildman–Crippen MR) is 88.3 cm³/mol. The highest BCUT2D eigenvalue weighted by Gasteiger charge is 2.30. The number of anilines is 1. The summed E-state index contributed by atoms with van der Waals surface area (Å²) in [6.07, 6.45) is 1.50. The molecule has 0 fully saturated rings. The Bertz CT molecular complexity index is 858. The van der Waals surface area contributed by atoms with E-state index in [2.05, 4.69) is 10.6 Å². The third-order valence-corrected chi connectivity index (χ3v) is 3.89. The molecule has 0 atom stereocenters. The minimum atomic E-state index is -0.546. The Morgan fingerprint density at radius 3 is 2.62 bits per heavy atom. The van der Waals surface area contributed by atoms with Crippen molar-refractivity contribution in [2.24, 2.45) is 0 Å². The smallest absolute Gasteiger partial charge is 0.261 e. The number of benzene rings is 2. The lowest BCUT2D eigenvalue weighted by Crippen LogP contribution is -2.21. The number of hydrogen-bond donors (Lipinski definition) is 3. The zero-order valence-corrected chi connectivity index (χ0v) is 13.1. The van der Waals surface area contributed by atoms with Crippen LogP contribution in [0.5, 0.6) is 5.75 Å². The summed E-state index contributed by atoms with van der Waals surface area (Å²) in [7, 11) is 0. The van der Waals surface area contributed by atoms with Gasteiger partial charge in [0.05, 0.1) is 22.4 Å². The Kier molecular flexibility index (Phi) is 4.04. The first kappa shape index (κ1) is 15.7. The van der Waals surface area contributed by atoms with E-state index in [1.807, 2.05) is 6.92 Å². The Balaban J connectivity index is 1.94. The second-order valence-corrected chi connectivity index (χ2v) is 5.53. The van der Waals surface area contributed by atoms with Crippen molar-refractivity contribution in [2.75, 3.05) is 5.32 Å². The van der Waals surface area contributed by atoms with Gasteiger partial charge in [-0.3, -0.25) is 19.7 Å². The van der Waals surface area contributed by atoms with E-state index in [0.29, 0.717) is 12.0 Å². The summed E-state index contributed by atoms with van der Waals surface area (Å²) in [5, 5.41) is 15.1. The van der Waals surface area contributed by atoms with Crippen LogP contribution in [0.1, 0.15) is 50.0 Å². The Hall–Kier alpha value is -3.15. The van der Waals surface area contributed by atoms with Gasteiger partial charge in [-0.25, -0.2) is 0 Å². The molecule has 6 heteroatoms. The molecule has 0 radical (unpaired) electrons. The van der Waals surface area contributed by atoms with Crippen molar-refractivity contribution < 1.29 is 19.5 Å². The molecular weight excluding hydrogens is 308 g/mol. The molecule has 1 aliphatic rings. The lowest BCUT2D eigenvalue weighted by Gasteiger charge is -2.11. The number of phenolic OH excluding ortho intramolecular Hbond substituents is 1. The largest absolute Gasteiger partial charge is 0.507 e. The highest BCUT2D eigenvalue weighted by Crippen LogP contribution is 2.27. The monoisotopic (exact) mass is 324 g/mol. The molecule has 1 heterocycles. The zero-order chi connectivity index (χ0) is 17.3. The summed E-state index contributed by atoms with van der Waals surface area (Å²) in [6.45, 7) is 1.98. The van der Waals surface area contributed by atoms with E-state index >= 15 is 0 Å². The van der Waals surface area contributed by atoms with Gasteiger partial charge >= 0.3 is 0 Å². The Morgan fingerprint density at radius 1 is 1.12 bits per heavy atom. The molecule has 0 aliphatic carbocycles. The van der Waals surface area contributed by atoms with E-state index in [1.54, 1.807) is 24.3 Å². The number of rotatable bonds is 4. The number of nitrogens with one attached hydrogen (secondary N) is 2. The van der Waals surface area contributed by atoms with E-state index in [0.717, 1.165) is 6.42 Å². The first-order valence-corrected chi connectivity index (χ1v) is 7.63. The number of aryl methyl sites for hydroxylation is 1. The Labute approximate surface area is 138 Å². The van der Waals surface area contributed by atoms with Crippen molar-refractivity contribution in [3.63, 3.8) is 0 Å². The molecule has 6 nitrogen and oxygen atoms in total. The van der Waals surface area contributed by atoms with Crippen LogP contribution in [0, 0.1) is 0 Å². The quantitative estimate of drug-likeness (QED) is 0.753. The number of para-hydroxylation sites is 1. The van der Waals surface area contributed by atoms with Crippen molar-refractivity contribution in [1.82, 2.24) is 5.32 Å². The minimum absolute atomic E-state index is 0.0649. The molecule has 2 aromatic carbocycles. The summed E-state index contributed by atoms with van der Waals surface area (Å²) in [5.74, 6) is -1.63. The summed E-state index contributed by atoms with van der Waals surface area (Å²) >= 11 is 0. The molecule has 0 aromatic heterocycles. The Morgan fingerprint density at radius 2 is 1.88 bits per heavy atom. The van der Waals surface area contributed by atoms with Gasteiger partial charge in [-0.2, -0.15) is 0 Å². The average molecular weight is 324 g/mol. The number of aromatic hydroxyl groups is 1. The molecule has 0 unspecified atom stereocenters. The van der Waals surface area contributed by atoms with Gasteiger partial charge in [0.1, 0.15) is 5.75 Å². The van der Waals surface area contributed by atoms with E-state index in [-0.39, 0.29) is 28.1 Å². The lowest BCUT2D eigenvalue weighted by atomic mass is 10.0. The van der Waals surface area contributed by atoms with Gasteiger partial charge < -0.3 is 10.4 Å². The van der Waals surface area contributed by atoms with Crippen LogP contribution < -0.4 is 10.6 Å². The van der Waals surface area contributed by atoms with Crippen LogP contribution in [-0.2, 0) is 6.42 Å². The lowest BCUT2D eigenvalue weighted by molar-refractivity contribution is 0.0879. The normalized spacial score (nSPS) is 12.7. The maximum atomic E-state index is 12.5. The molecule has 3 amide bonds. The van der Waals surface area contributed by atoms with Crippen molar-refractivity contribution in [3.8, 4) is 5.75 Å². The van der Waals surface area contributed by atoms with Crippen LogP contribution in [0.4, 0.5) is 5.69 Å². The van der Waals surface area contributed by atoms with E-state index in [4.69, 9.17) is 0 Å². The third kappa shape index (κ3) is 2.62. The highest BCUT2D eigenvalue weighted by molar-refractivity contribution is 6.25. The van der Waals surface area contributed by atoms with Crippen LogP contribution in [0.15, 0.2) is 36.4 Å². The molecular formula is C18H16N2O4. The van der Waals surface area contributed by atoms with E-state index in [9.17, 15) is 19.5 Å². The van der Waals surface area contributed by atoms with Gasteiger partial charge in [-0.15, -0.1) is 0 Å². The minimum Gasteiger partial charge on any atom is -0.507 e. The molecule has 2 aromatic rings. The van der Waals surface area contributed by atoms with Crippen LogP contribution in [0.25, 0.3) is 0 Å². The molecule has 3 N–H and O–H groups in total. The second-order valence-electron chi connectivity index (χ2n) is 5.53. The predicted octanol–water partition coefficient (Wildman–Crippen LogP) is 2.48. The number of carbonyl (C=O) groups is 3. The molecule has 0 saturated heterocycles. The second kappa shape index (κ2) is 6.16. The van der Waals surface area contributed by atoms with Crippen molar-refractivity contribution in [2.45, 2.75) is 19.8 Å². The number of carbonyl (C=O) groups excluding carboxylic acids is 3. The summed E-state index contributed by atoms with van der Waals surface area (Å²) in [6, 6.07) is 9.62. The maximum absolute atomic E-state index is 12.5. The zero-order valence-electron chi connectivity index (χ0n) is 13.1. The van der Waals surface area contributed by atoms with Crippen LogP contribution in [-0.4, -0.2) is 22.8 Å². The van der Waals surface area contributed by atoms with Crippen molar-refractivity contribution in [3.05, 3.63) is 58.7 Å². The van der Waals surface area contributed by atoms with Gasteiger partial charge in [0.2, 0.25) is 0 Å². The average Bonchev–Trinajstić information content (AvgIpc) is 2.85. The fraction of sp³-hybridized carbons (Fsp3) is 0.167. The molecule has 1 aliphatic heterocycles. The highest BCUT2D eigenvalue weighted by atomic mass is 16.3. The number of hydrogen-bond acceptors (Lipinski definition) is 4. The molecule has 0 saturated carbocycles. The number of imide groups is 1. The van der Waals surface area contributed by atoms with E-state index in [1.165, 1.54) is 12.1 Å². The van der Waals surface area contributed by atoms with Crippen LogP contribution in [0.2, 0.25) is 0 Å². The van der Waals surface area contributed by atoms with Gasteiger partial charge in [0, 0.05) is 0 Å².